The van der Waals surface area contributed by atoms with Crippen molar-refractivity contribution in [1.29, 1.82) is 0 Å². The summed E-state index contributed by atoms with van der Waals surface area (Å²) in [6, 6.07) is 5.50. The van der Waals surface area contributed by atoms with E-state index in [2.05, 4.69) is 10.2 Å². The second-order valence-corrected chi connectivity index (χ2v) is 5.09. The highest BCUT2D eigenvalue weighted by atomic mass is 35.5. The third kappa shape index (κ3) is 4.66. The van der Waals surface area contributed by atoms with E-state index in [9.17, 15) is 4.79 Å². The molecule has 7 heteroatoms. The van der Waals surface area contributed by atoms with E-state index in [0.717, 1.165) is 23.7 Å². The van der Waals surface area contributed by atoms with Gasteiger partial charge >= 0.3 is 0 Å². The molecule has 0 spiro atoms. The lowest BCUT2D eigenvalue weighted by atomic mass is 10.0. The van der Waals surface area contributed by atoms with Crippen molar-refractivity contribution in [3.63, 3.8) is 0 Å². The van der Waals surface area contributed by atoms with Gasteiger partial charge in [0.2, 0.25) is 5.91 Å². The first-order valence-corrected chi connectivity index (χ1v) is 6.53. The molecule has 21 heavy (non-hydrogen) atoms. The van der Waals surface area contributed by atoms with Gasteiger partial charge in [-0.05, 0) is 25.1 Å². The largest absolute Gasteiger partial charge is 0.490 e. The van der Waals surface area contributed by atoms with Gasteiger partial charge < -0.3 is 20.7 Å². The number of fused-ring (bicyclic) bond motifs is 1. The molecule has 2 unspecified atom stereocenters. The minimum absolute atomic E-state index is 0. The Morgan fingerprint density at radius 1 is 1.38 bits per heavy atom. The fourth-order valence-electron chi connectivity index (χ4n) is 1.92. The Balaban J connectivity index is 0.00000200. The molecule has 120 valence electrons. The zero-order valence-electron chi connectivity index (χ0n) is 12.5. The molecule has 0 saturated heterocycles. The predicted octanol–water partition coefficient (Wildman–Crippen LogP) is 2.28. The fourth-order valence-corrected chi connectivity index (χ4v) is 1.92. The maximum absolute atomic E-state index is 12.0. The number of amides is 1. The minimum atomic E-state index is -0.218. The van der Waals surface area contributed by atoms with Gasteiger partial charge in [-0.3, -0.25) is 4.79 Å². The highest BCUT2D eigenvalue weighted by Crippen LogP contribution is 2.33. The Bertz CT molecular complexity index is 483. The summed E-state index contributed by atoms with van der Waals surface area (Å²) >= 11 is 0. The molecule has 1 amide bonds. The number of carbonyl (C=O) groups excluding carboxylic acids is 1. The summed E-state index contributed by atoms with van der Waals surface area (Å²) in [5.41, 5.74) is 7.50. The Morgan fingerprint density at radius 2 is 2.05 bits per heavy atom. The number of ether oxygens (including phenoxy) is 1. The molecular formula is C14H23Cl2N3O2. The van der Waals surface area contributed by atoms with Crippen molar-refractivity contribution in [1.82, 2.24) is 0 Å². The summed E-state index contributed by atoms with van der Waals surface area (Å²) < 4.78 is 5.57. The molecule has 0 bridgehead atoms. The zero-order valence-corrected chi connectivity index (χ0v) is 14.1. The summed E-state index contributed by atoms with van der Waals surface area (Å²) in [6.45, 7) is 5.20. The quantitative estimate of drug-likeness (QED) is 0.889. The maximum atomic E-state index is 12.0. The average molecular weight is 336 g/mol. The number of anilines is 2. The molecule has 0 aromatic heterocycles. The molecule has 5 nitrogen and oxygen atoms in total. The van der Waals surface area contributed by atoms with E-state index < -0.39 is 0 Å². The molecule has 2 rings (SSSR count). The fraction of sp³-hybridized carbons (Fsp3) is 0.500. The monoisotopic (exact) mass is 335 g/mol. The summed E-state index contributed by atoms with van der Waals surface area (Å²) in [6.07, 6.45) is 0. The Kier molecular flexibility index (Phi) is 7.85. The number of benzene rings is 1. The number of likely N-dealkylation sites (N-methyl/N-ethyl adjacent to an activating group) is 1. The van der Waals surface area contributed by atoms with Crippen LogP contribution in [-0.2, 0) is 4.79 Å². The lowest BCUT2D eigenvalue weighted by Crippen LogP contribution is -2.34. The zero-order chi connectivity index (χ0) is 14.0. The van der Waals surface area contributed by atoms with Gasteiger partial charge in [0.15, 0.2) is 0 Å². The lowest BCUT2D eigenvalue weighted by Gasteiger charge is -2.28. The number of nitrogens with zero attached hydrogens (tertiary/aromatic N) is 1. The van der Waals surface area contributed by atoms with Crippen LogP contribution in [0.15, 0.2) is 18.2 Å². The molecule has 1 aliphatic heterocycles. The number of nitrogens with one attached hydrogen (secondary N) is 1. The summed E-state index contributed by atoms with van der Waals surface area (Å²) in [5.74, 6) is 0.575. The number of hydrogen-bond acceptors (Lipinski definition) is 4. The van der Waals surface area contributed by atoms with Crippen LogP contribution >= 0.6 is 24.8 Å². The van der Waals surface area contributed by atoms with Gasteiger partial charge in [-0.2, -0.15) is 0 Å². The van der Waals surface area contributed by atoms with Crippen molar-refractivity contribution in [2.45, 2.75) is 19.9 Å². The van der Waals surface area contributed by atoms with Crippen LogP contribution in [0.25, 0.3) is 0 Å². The number of nitrogens with two attached hydrogens (primary N) is 1. The number of rotatable bonds is 3. The van der Waals surface area contributed by atoms with Gasteiger partial charge in [0.05, 0.1) is 18.2 Å². The van der Waals surface area contributed by atoms with Gasteiger partial charge in [0, 0.05) is 18.8 Å². The van der Waals surface area contributed by atoms with Crippen LogP contribution in [0.1, 0.15) is 13.8 Å². The van der Waals surface area contributed by atoms with Crippen LogP contribution in [0, 0.1) is 5.92 Å². The van der Waals surface area contributed by atoms with Crippen LogP contribution in [0.2, 0.25) is 0 Å². The van der Waals surface area contributed by atoms with Crippen molar-refractivity contribution >= 4 is 42.1 Å². The minimum Gasteiger partial charge on any atom is -0.490 e. The van der Waals surface area contributed by atoms with Crippen LogP contribution in [0.3, 0.4) is 0 Å². The van der Waals surface area contributed by atoms with E-state index in [0.29, 0.717) is 6.61 Å². The molecule has 1 aromatic rings. The molecule has 3 N–H and O–H groups in total. The smallest absolute Gasteiger partial charge is 0.228 e. The number of carbonyl (C=O) groups is 1. The Hall–Kier alpha value is -1.17. The van der Waals surface area contributed by atoms with Gasteiger partial charge in [-0.25, -0.2) is 0 Å². The summed E-state index contributed by atoms with van der Waals surface area (Å²) in [7, 11) is 2.01. The Labute approximate surface area is 138 Å². The van der Waals surface area contributed by atoms with Gasteiger partial charge in [-0.15, -0.1) is 24.8 Å². The van der Waals surface area contributed by atoms with Crippen molar-refractivity contribution in [2.75, 3.05) is 30.4 Å². The average Bonchev–Trinajstić information content (AvgIpc) is 2.38. The topological polar surface area (TPSA) is 67.6 Å². The van der Waals surface area contributed by atoms with Crippen LogP contribution in [0.4, 0.5) is 11.4 Å². The van der Waals surface area contributed by atoms with Gasteiger partial charge in [0.1, 0.15) is 12.4 Å². The molecule has 1 heterocycles. The van der Waals surface area contributed by atoms with Crippen molar-refractivity contribution < 1.29 is 9.53 Å². The number of halogens is 2. The van der Waals surface area contributed by atoms with E-state index in [4.69, 9.17) is 10.5 Å². The first-order valence-electron chi connectivity index (χ1n) is 6.53. The molecule has 1 aromatic carbocycles. The number of hydrogen-bond donors (Lipinski definition) is 2. The van der Waals surface area contributed by atoms with Gasteiger partial charge in [0.25, 0.3) is 0 Å². The second-order valence-electron chi connectivity index (χ2n) is 5.09. The molecule has 1 aliphatic rings. The van der Waals surface area contributed by atoms with E-state index >= 15 is 0 Å². The lowest BCUT2D eigenvalue weighted by molar-refractivity contribution is -0.119. The molecule has 0 radical (unpaired) electrons. The first kappa shape index (κ1) is 19.8. The highest BCUT2D eigenvalue weighted by molar-refractivity contribution is 5.93. The van der Waals surface area contributed by atoms with Crippen molar-refractivity contribution in [3.05, 3.63) is 18.2 Å². The summed E-state index contributed by atoms with van der Waals surface area (Å²) in [4.78, 5) is 14.1. The SMILES string of the molecule is CC(N)C(C)C(=O)Nc1ccc2c(c1)N(C)CCO2.Cl.Cl. The standard InChI is InChI=1S/C14H21N3O2.2ClH/c1-9(10(2)15)14(18)16-11-4-5-13-12(8-11)17(3)6-7-19-13;;/h4-5,8-10H,6-7,15H2,1-3H3,(H,16,18);2*1H. The van der Waals surface area contributed by atoms with E-state index in [1.165, 1.54) is 0 Å². The maximum Gasteiger partial charge on any atom is 0.228 e. The second kappa shape index (κ2) is 8.32. The van der Waals surface area contributed by atoms with Crippen molar-refractivity contribution in [3.8, 4) is 5.75 Å². The van der Waals surface area contributed by atoms with Crippen LogP contribution in [-0.4, -0.2) is 32.1 Å². The van der Waals surface area contributed by atoms with E-state index in [1.54, 1.807) is 0 Å². The highest BCUT2D eigenvalue weighted by Gasteiger charge is 2.19. The van der Waals surface area contributed by atoms with Crippen LogP contribution < -0.4 is 20.7 Å². The predicted molar refractivity (Wildman–Crippen MR) is 91.1 cm³/mol. The van der Waals surface area contributed by atoms with E-state index in [-0.39, 0.29) is 42.7 Å². The molecule has 0 fully saturated rings. The normalized spacial score (nSPS) is 15.5. The third-order valence-corrected chi connectivity index (χ3v) is 3.52. The molecule has 0 saturated carbocycles. The van der Waals surface area contributed by atoms with E-state index in [1.807, 2.05) is 39.1 Å². The third-order valence-electron chi connectivity index (χ3n) is 3.52. The molecular weight excluding hydrogens is 313 g/mol. The van der Waals surface area contributed by atoms with Crippen molar-refractivity contribution in [2.24, 2.45) is 11.7 Å². The first-order chi connectivity index (χ1) is 8.99. The molecule has 2 atom stereocenters. The summed E-state index contributed by atoms with van der Waals surface area (Å²) in [5, 5.41) is 2.89. The Morgan fingerprint density at radius 3 is 2.67 bits per heavy atom. The molecule has 0 aliphatic carbocycles. The van der Waals surface area contributed by atoms with Gasteiger partial charge in [-0.1, -0.05) is 6.92 Å². The van der Waals surface area contributed by atoms with Crippen LogP contribution in [0.5, 0.6) is 5.75 Å².